The minimum atomic E-state index is -0.495. The summed E-state index contributed by atoms with van der Waals surface area (Å²) in [7, 11) is 1.74. The fourth-order valence-electron chi connectivity index (χ4n) is 2.05. The molecule has 1 aromatic carbocycles. The summed E-state index contributed by atoms with van der Waals surface area (Å²) >= 11 is 3.09. The summed E-state index contributed by atoms with van der Waals surface area (Å²) in [6.45, 7) is 4.30. The van der Waals surface area contributed by atoms with Crippen molar-refractivity contribution in [3.8, 4) is 0 Å². The fourth-order valence-corrected chi connectivity index (χ4v) is 2.45. The van der Waals surface area contributed by atoms with E-state index in [-0.39, 0.29) is 11.6 Å². The number of hydrogen-bond donors (Lipinski definition) is 1. The second-order valence-corrected chi connectivity index (χ2v) is 5.86. The molecule has 0 aliphatic rings. The Morgan fingerprint density at radius 3 is 2.17 bits per heavy atom. The zero-order chi connectivity index (χ0) is 13.7. The highest BCUT2D eigenvalue weighted by Gasteiger charge is 2.19. The highest BCUT2D eigenvalue weighted by molar-refractivity contribution is 9.10. The maximum Gasteiger partial charge on any atom is 0.132 e. The first-order chi connectivity index (χ1) is 8.45. The Bertz CT molecular complexity index is 370. The van der Waals surface area contributed by atoms with E-state index in [4.69, 9.17) is 0 Å². The molecule has 1 atom stereocenters. The summed E-state index contributed by atoms with van der Waals surface area (Å²) in [4.78, 5) is 0. The summed E-state index contributed by atoms with van der Waals surface area (Å²) < 4.78 is 28.1. The Labute approximate surface area is 116 Å². The SMILES string of the molecule is CNC(CCCC(C)C)c1c(F)cc(Br)cc1F. The molecule has 0 aromatic heterocycles. The molecule has 1 rings (SSSR count). The van der Waals surface area contributed by atoms with Gasteiger partial charge in [0.1, 0.15) is 11.6 Å². The van der Waals surface area contributed by atoms with E-state index in [1.807, 2.05) is 0 Å². The van der Waals surface area contributed by atoms with Crippen molar-refractivity contribution in [3.05, 3.63) is 33.8 Å². The molecule has 1 aromatic rings. The van der Waals surface area contributed by atoms with Crippen LogP contribution in [0, 0.1) is 17.6 Å². The number of hydrogen-bond acceptors (Lipinski definition) is 1. The molecular weight excluding hydrogens is 300 g/mol. The molecule has 0 fully saturated rings. The first kappa shape index (κ1) is 15.6. The van der Waals surface area contributed by atoms with Crippen LogP contribution >= 0.6 is 15.9 Å². The Morgan fingerprint density at radius 2 is 1.72 bits per heavy atom. The molecule has 18 heavy (non-hydrogen) atoms. The summed E-state index contributed by atoms with van der Waals surface area (Å²) in [5.41, 5.74) is 0.143. The van der Waals surface area contributed by atoms with Gasteiger partial charge >= 0.3 is 0 Å². The van der Waals surface area contributed by atoms with Gasteiger partial charge < -0.3 is 5.32 Å². The number of halogens is 3. The number of benzene rings is 1. The largest absolute Gasteiger partial charge is 0.313 e. The third kappa shape index (κ3) is 4.32. The molecule has 1 N–H and O–H groups in total. The smallest absolute Gasteiger partial charge is 0.132 e. The summed E-state index contributed by atoms with van der Waals surface area (Å²) in [6.07, 6.45) is 2.76. The molecule has 0 aliphatic carbocycles. The second kappa shape index (κ2) is 7.19. The van der Waals surface area contributed by atoms with Crippen molar-refractivity contribution in [1.29, 1.82) is 0 Å². The average molecular weight is 320 g/mol. The van der Waals surface area contributed by atoms with Gasteiger partial charge in [-0.1, -0.05) is 42.6 Å². The predicted molar refractivity (Wildman–Crippen MR) is 74.5 cm³/mol. The van der Waals surface area contributed by atoms with Gasteiger partial charge in [0.25, 0.3) is 0 Å². The maximum absolute atomic E-state index is 13.8. The first-order valence-corrected chi connectivity index (χ1v) is 7.06. The van der Waals surface area contributed by atoms with Crippen LogP contribution in [0.1, 0.15) is 44.7 Å². The van der Waals surface area contributed by atoms with Crippen molar-refractivity contribution < 1.29 is 8.78 Å². The van der Waals surface area contributed by atoms with Gasteiger partial charge in [-0.15, -0.1) is 0 Å². The molecule has 0 radical (unpaired) electrons. The highest BCUT2D eigenvalue weighted by atomic mass is 79.9. The van der Waals surface area contributed by atoms with Gasteiger partial charge in [0.15, 0.2) is 0 Å². The van der Waals surface area contributed by atoms with E-state index in [2.05, 4.69) is 35.1 Å². The van der Waals surface area contributed by atoms with Gasteiger partial charge in [0.05, 0.1) is 0 Å². The van der Waals surface area contributed by atoms with E-state index in [1.165, 1.54) is 12.1 Å². The van der Waals surface area contributed by atoms with Crippen LogP contribution in [-0.4, -0.2) is 7.05 Å². The molecular formula is C14H20BrF2N. The topological polar surface area (TPSA) is 12.0 Å². The van der Waals surface area contributed by atoms with E-state index in [0.29, 0.717) is 10.4 Å². The fraction of sp³-hybridized carbons (Fsp3) is 0.571. The van der Waals surface area contributed by atoms with Crippen LogP contribution in [0.15, 0.2) is 16.6 Å². The van der Waals surface area contributed by atoms with Crippen molar-refractivity contribution >= 4 is 15.9 Å². The standard InChI is InChI=1S/C14H20BrF2N/c1-9(2)5-4-6-13(18-3)14-11(16)7-10(15)8-12(14)17/h7-9,13,18H,4-6H2,1-3H3. The predicted octanol–water partition coefficient (Wildman–Crippen LogP) is 4.81. The lowest BCUT2D eigenvalue weighted by molar-refractivity contribution is 0.436. The van der Waals surface area contributed by atoms with E-state index in [1.54, 1.807) is 7.05 Å². The van der Waals surface area contributed by atoms with Crippen molar-refractivity contribution in [3.63, 3.8) is 0 Å². The molecule has 0 heterocycles. The maximum atomic E-state index is 13.8. The van der Waals surface area contributed by atoms with Crippen LogP contribution in [0.4, 0.5) is 8.78 Å². The third-order valence-electron chi connectivity index (χ3n) is 3.02. The Kier molecular flexibility index (Phi) is 6.22. The average Bonchev–Trinajstić information content (AvgIpc) is 2.25. The molecule has 0 bridgehead atoms. The molecule has 0 aliphatic heterocycles. The lowest BCUT2D eigenvalue weighted by Gasteiger charge is -2.18. The minimum Gasteiger partial charge on any atom is -0.313 e. The van der Waals surface area contributed by atoms with Crippen LogP contribution in [0.3, 0.4) is 0 Å². The summed E-state index contributed by atoms with van der Waals surface area (Å²) in [5, 5.41) is 3.00. The molecule has 102 valence electrons. The van der Waals surface area contributed by atoms with Crippen LogP contribution in [0.5, 0.6) is 0 Å². The van der Waals surface area contributed by atoms with Gasteiger partial charge in [-0.05, 0) is 31.5 Å². The Hall–Kier alpha value is -0.480. The third-order valence-corrected chi connectivity index (χ3v) is 3.47. The molecule has 1 unspecified atom stereocenters. The first-order valence-electron chi connectivity index (χ1n) is 6.27. The zero-order valence-corrected chi connectivity index (χ0v) is 12.7. The number of rotatable bonds is 6. The number of nitrogens with one attached hydrogen (secondary N) is 1. The normalized spacial score (nSPS) is 13.1. The van der Waals surface area contributed by atoms with E-state index in [0.717, 1.165) is 19.3 Å². The van der Waals surface area contributed by atoms with Gasteiger partial charge in [-0.3, -0.25) is 0 Å². The van der Waals surface area contributed by atoms with E-state index in [9.17, 15) is 8.78 Å². The lowest BCUT2D eigenvalue weighted by atomic mass is 9.97. The van der Waals surface area contributed by atoms with Crippen molar-refractivity contribution in [2.24, 2.45) is 5.92 Å². The van der Waals surface area contributed by atoms with Crippen molar-refractivity contribution in [2.75, 3.05) is 7.05 Å². The zero-order valence-electron chi connectivity index (χ0n) is 11.1. The van der Waals surface area contributed by atoms with E-state index < -0.39 is 11.6 Å². The van der Waals surface area contributed by atoms with Crippen LogP contribution in [-0.2, 0) is 0 Å². The highest BCUT2D eigenvalue weighted by Crippen LogP contribution is 2.28. The molecule has 4 heteroatoms. The van der Waals surface area contributed by atoms with Crippen LogP contribution in [0.2, 0.25) is 0 Å². The van der Waals surface area contributed by atoms with Crippen LogP contribution < -0.4 is 5.32 Å². The summed E-state index contributed by atoms with van der Waals surface area (Å²) in [6, 6.07) is 2.35. The van der Waals surface area contributed by atoms with Gasteiger partial charge in [0.2, 0.25) is 0 Å². The van der Waals surface area contributed by atoms with Gasteiger partial charge in [0, 0.05) is 16.1 Å². The molecule has 0 amide bonds. The molecule has 0 spiro atoms. The van der Waals surface area contributed by atoms with Crippen LogP contribution in [0.25, 0.3) is 0 Å². The molecule has 1 nitrogen and oxygen atoms in total. The summed E-state index contributed by atoms with van der Waals surface area (Å²) in [5.74, 6) is -0.376. The minimum absolute atomic E-state index is 0.143. The molecule has 0 saturated heterocycles. The molecule has 0 saturated carbocycles. The monoisotopic (exact) mass is 319 g/mol. The van der Waals surface area contributed by atoms with Crippen molar-refractivity contribution in [1.82, 2.24) is 5.32 Å². The van der Waals surface area contributed by atoms with Crippen molar-refractivity contribution in [2.45, 2.75) is 39.2 Å². The van der Waals surface area contributed by atoms with E-state index >= 15 is 0 Å². The lowest BCUT2D eigenvalue weighted by Crippen LogP contribution is -2.19. The quantitative estimate of drug-likeness (QED) is 0.793. The van der Waals surface area contributed by atoms with Gasteiger partial charge in [-0.25, -0.2) is 8.78 Å². The Morgan fingerprint density at radius 1 is 1.17 bits per heavy atom. The Balaban J connectivity index is 2.82. The second-order valence-electron chi connectivity index (χ2n) is 4.95. The van der Waals surface area contributed by atoms with Gasteiger partial charge in [-0.2, -0.15) is 0 Å².